The fourth-order valence-corrected chi connectivity index (χ4v) is 7.51. The number of nitrogens with zero attached hydrogens (tertiary/aromatic N) is 3. The first kappa shape index (κ1) is 27.9. The van der Waals surface area contributed by atoms with E-state index in [0.717, 1.165) is 23.2 Å². The predicted molar refractivity (Wildman–Crippen MR) is 199 cm³/mol. The maximum atomic E-state index is 9.97. The molecule has 0 N–H and O–H groups in total. The first-order valence-electron chi connectivity index (χ1n) is 16.4. The molecule has 0 spiro atoms. The Morgan fingerprint density at radius 1 is 0.500 bits per heavy atom. The maximum absolute atomic E-state index is 9.97. The van der Waals surface area contributed by atoms with Crippen LogP contribution in [0.25, 0.3) is 66.1 Å². The van der Waals surface area contributed by atoms with Gasteiger partial charge in [-0.05, 0) is 89.3 Å². The van der Waals surface area contributed by atoms with Crippen molar-refractivity contribution in [3.05, 3.63) is 180 Å². The lowest BCUT2D eigenvalue weighted by molar-refractivity contribution is 1.09. The largest absolute Gasteiger partial charge is 0.309 e. The fourth-order valence-electron chi connectivity index (χ4n) is 7.51. The number of rotatable bonds is 5. The van der Waals surface area contributed by atoms with Gasteiger partial charge in [0.2, 0.25) is 0 Å². The third kappa shape index (κ3) is 4.42. The Bertz CT molecular complexity index is 2680. The van der Waals surface area contributed by atoms with Crippen LogP contribution in [0.4, 0.5) is 0 Å². The molecule has 3 nitrogen and oxygen atoms in total. The summed E-state index contributed by atoms with van der Waals surface area (Å²) in [6.45, 7) is 2.15. The average molecular weight is 614 g/mol. The van der Waals surface area contributed by atoms with Gasteiger partial charge in [0.1, 0.15) is 0 Å². The standard InChI is InChI=1S/C45H31N3/c1-30-21-24-39-38-16-3-7-18-42(38)47(45(39)25-30)35-13-10-12-32(28-35)40-26-31(29-46)22-23-33(40)27-34-11-2-6-17-41(34)48-43-19-8-4-14-36(43)37-15-5-9-20-44(37)48/h2-26,28H,27H2,1H3. The molecule has 0 aliphatic carbocycles. The molecule has 0 bridgehead atoms. The fraction of sp³-hybridized carbons (Fsp3) is 0.0444. The van der Waals surface area contributed by atoms with Gasteiger partial charge in [-0.2, -0.15) is 5.26 Å². The van der Waals surface area contributed by atoms with Crippen LogP contribution < -0.4 is 0 Å². The van der Waals surface area contributed by atoms with Gasteiger partial charge in [-0.15, -0.1) is 0 Å². The summed E-state index contributed by atoms with van der Waals surface area (Å²) in [7, 11) is 0. The Kier molecular flexibility index (Phi) is 6.48. The molecular formula is C45H31N3. The SMILES string of the molecule is Cc1ccc2c3ccccc3n(-c3cccc(-c4cc(C#N)ccc4Cc4ccccc4-n4c5ccccc5c5ccccc54)c3)c2c1. The molecule has 0 radical (unpaired) electrons. The van der Waals surface area contributed by atoms with E-state index in [1.807, 2.05) is 12.1 Å². The molecular weight excluding hydrogens is 583 g/mol. The van der Waals surface area contributed by atoms with Crippen molar-refractivity contribution in [2.45, 2.75) is 13.3 Å². The van der Waals surface area contributed by atoms with Gasteiger partial charge in [-0.3, -0.25) is 0 Å². The Balaban J connectivity index is 1.21. The minimum atomic E-state index is 0.655. The van der Waals surface area contributed by atoms with Crippen molar-refractivity contribution < 1.29 is 0 Å². The van der Waals surface area contributed by atoms with Gasteiger partial charge >= 0.3 is 0 Å². The Labute approximate surface area is 279 Å². The van der Waals surface area contributed by atoms with Crippen molar-refractivity contribution in [3.63, 3.8) is 0 Å². The normalized spacial score (nSPS) is 11.5. The number of hydrogen-bond donors (Lipinski definition) is 0. The molecule has 0 saturated heterocycles. The quantitative estimate of drug-likeness (QED) is 0.190. The van der Waals surface area contributed by atoms with Crippen LogP contribution in [0.3, 0.4) is 0 Å². The third-order valence-corrected chi connectivity index (χ3v) is 9.68. The molecule has 0 unspecified atom stereocenters. The third-order valence-electron chi connectivity index (χ3n) is 9.68. The van der Waals surface area contributed by atoms with E-state index in [1.165, 1.54) is 66.0 Å². The average Bonchev–Trinajstić information content (AvgIpc) is 3.64. The zero-order chi connectivity index (χ0) is 32.2. The second kappa shape index (κ2) is 11.2. The van der Waals surface area contributed by atoms with Gasteiger partial charge in [-0.25, -0.2) is 0 Å². The molecule has 0 aliphatic rings. The van der Waals surface area contributed by atoms with Crippen LogP contribution in [-0.4, -0.2) is 9.13 Å². The van der Waals surface area contributed by atoms with Crippen LogP contribution in [0.1, 0.15) is 22.3 Å². The van der Waals surface area contributed by atoms with E-state index in [4.69, 9.17) is 0 Å². The second-order valence-corrected chi connectivity index (χ2v) is 12.6. The highest BCUT2D eigenvalue weighted by molar-refractivity contribution is 6.10. The van der Waals surface area contributed by atoms with Crippen molar-refractivity contribution in [3.8, 4) is 28.6 Å². The monoisotopic (exact) mass is 613 g/mol. The molecule has 3 heteroatoms. The minimum Gasteiger partial charge on any atom is -0.309 e. The van der Waals surface area contributed by atoms with E-state index >= 15 is 0 Å². The Morgan fingerprint density at radius 3 is 1.83 bits per heavy atom. The zero-order valence-electron chi connectivity index (χ0n) is 26.6. The van der Waals surface area contributed by atoms with Crippen molar-refractivity contribution >= 4 is 43.6 Å². The van der Waals surface area contributed by atoms with Gasteiger partial charge in [0.15, 0.2) is 0 Å². The summed E-state index contributed by atoms with van der Waals surface area (Å²) in [6, 6.07) is 58.6. The van der Waals surface area contributed by atoms with Crippen molar-refractivity contribution in [2.24, 2.45) is 0 Å². The van der Waals surface area contributed by atoms with E-state index < -0.39 is 0 Å². The Morgan fingerprint density at radius 2 is 1.12 bits per heavy atom. The van der Waals surface area contributed by atoms with Crippen LogP contribution >= 0.6 is 0 Å². The first-order valence-corrected chi connectivity index (χ1v) is 16.4. The molecule has 226 valence electrons. The van der Waals surface area contributed by atoms with E-state index in [1.54, 1.807) is 0 Å². The van der Waals surface area contributed by atoms with Crippen LogP contribution in [0.15, 0.2) is 158 Å². The highest BCUT2D eigenvalue weighted by Crippen LogP contribution is 2.37. The Hall–Kier alpha value is -6.37. The second-order valence-electron chi connectivity index (χ2n) is 12.6. The lowest BCUT2D eigenvalue weighted by Crippen LogP contribution is -2.02. The minimum absolute atomic E-state index is 0.655. The molecule has 2 heterocycles. The molecule has 7 aromatic carbocycles. The van der Waals surface area contributed by atoms with Gasteiger partial charge in [0.05, 0.1) is 33.7 Å². The van der Waals surface area contributed by atoms with Gasteiger partial charge in [0.25, 0.3) is 0 Å². The smallest absolute Gasteiger partial charge is 0.0991 e. The zero-order valence-corrected chi connectivity index (χ0v) is 26.6. The molecule has 9 aromatic rings. The maximum Gasteiger partial charge on any atom is 0.0991 e. The van der Waals surface area contributed by atoms with Gasteiger partial charge in [0, 0.05) is 39.3 Å². The summed E-state index contributed by atoms with van der Waals surface area (Å²) in [6.07, 6.45) is 0.719. The predicted octanol–water partition coefficient (Wildman–Crippen LogP) is 11.3. The number of para-hydroxylation sites is 4. The molecule has 0 fully saturated rings. The molecule has 0 atom stereocenters. The summed E-state index contributed by atoms with van der Waals surface area (Å²) in [5.41, 5.74) is 13.5. The molecule has 0 aliphatic heterocycles. The van der Waals surface area contributed by atoms with E-state index in [0.29, 0.717) is 5.56 Å². The van der Waals surface area contributed by atoms with E-state index in [-0.39, 0.29) is 0 Å². The van der Waals surface area contributed by atoms with Crippen LogP contribution in [-0.2, 0) is 6.42 Å². The summed E-state index contributed by atoms with van der Waals surface area (Å²) in [5, 5.41) is 15.0. The van der Waals surface area contributed by atoms with Gasteiger partial charge in [-0.1, -0.05) is 103 Å². The molecule has 0 amide bonds. The molecule has 2 aromatic heterocycles. The molecule has 0 saturated carbocycles. The number of benzene rings is 7. The first-order chi connectivity index (χ1) is 23.7. The molecule has 48 heavy (non-hydrogen) atoms. The van der Waals surface area contributed by atoms with E-state index in [2.05, 4.69) is 168 Å². The number of fused-ring (bicyclic) bond motifs is 6. The highest BCUT2D eigenvalue weighted by Gasteiger charge is 2.17. The highest BCUT2D eigenvalue weighted by atomic mass is 15.0. The summed E-state index contributed by atoms with van der Waals surface area (Å²) >= 11 is 0. The summed E-state index contributed by atoms with van der Waals surface area (Å²) in [5.74, 6) is 0. The number of aromatic nitrogens is 2. The number of aryl methyl sites for hydroxylation is 1. The van der Waals surface area contributed by atoms with Crippen molar-refractivity contribution in [1.82, 2.24) is 9.13 Å². The van der Waals surface area contributed by atoms with Crippen molar-refractivity contribution in [2.75, 3.05) is 0 Å². The van der Waals surface area contributed by atoms with Crippen molar-refractivity contribution in [1.29, 1.82) is 5.26 Å². The topological polar surface area (TPSA) is 33.6 Å². The number of hydrogen-bond acceptors (Lipinski definition) is 1. The number of nitriles is 1. The summed E-state index contributed by atoms with van der Waals surface area (Å²) in [4.78, 5) is 0. The lowest BCUT2D eigenvalue weighted by Gasteiger charge is -2.17. The summed E-state index contributed by atoms with van der Waals surface area (Å²) < 4.78 is 4.76. The van der Waals surface area contributed by atoms with E-state index in [9.17, 15) is 5.26 Å². The molecule has 9 rings (SSSR count). The van der Waals surface area contributed by atoms with Gasteiger partial charge < -0.3 is 9.13 Å². The van der Waals surface area contributed by atoms with Crippen LogP contribution in [0, 0.1) is 18.3 Å². The lowest BCUT2D eigenvalue weighted by atomic mass is 9.92. The van der Waals surface area contributed by atoms with Crippen LogP contribution in [0.5, 0.6) is 0 Å². The van der Waals surface area contributed by atoms with Crippen LogP contribution in [0.2, 0.25) is 0 Å².